The largest absolute Gasteiger partial charge is 0.416 e. The molecule has 3 nitrogen and oxygen atoms in total. The smallest absolute Gasteiger partial charge is 0.331 e. The quantitative estimate of drug-likeness (QED) is 0.533. The van der Waals surface area contributed by atoms with Gasteiger partial charge < -0.3 is 4.90 Å². The number of carbonyl (C=O) groups is 2. The Morgan fingerprint density at radius 2 is 1.74 bits per heavy atom. The second-order valence-corrected chi connectivity index (χ2v) is 6.63. The van der Waals surface area contributed by atoms with Gasteiger partial charge in [0.15, 0.2) is 11.6 Å². The van der Waals surface area contributed by atoms with Crippen LogP contribution in [0.2, 0.25) is 0 Å². The molecule has 0 radical (unpaired) electrons. The highest BCUT2D eigenvalue weighted by Crippen LogP contribution is 2.43. The molecule has 144 valence electrons. The van der Waals surface area contributed by atoms with Gasteiger partial charge in [-0.25, -0.2) is 0 Å². The first-order valence-corrected chi connectivity index (χ1v) is 8.54. The standard InChI is InChI=1S/C21H22F3NO2/c1-6-18(11-12(2)15(5)26)25-14(4)20(27)13(3)19(25)16-7-9-17(10-8-16)21(22,23)24/h6-11,13,19H,4H2,1-3,5H3/b12-11-,18-6+. The molecule has 0 N–H and O–H groups in total. The molecular weight excluding hydrogens is 355 g/mol. The Kier molecular flexibility index (Phi) is 5.78. The van der Waals surface area contributed by atoms with Gasteiger partial charge in [-0.05, 0) is 50.1 Å². The predicted octanol–water partition coefficient (Wildman–Crippen LogP) is 5.22. The molecular formula is C21H22F3NO2. The van der Waals surface area contributed by atoms with Crippen LogP contribution >= 0.6 is 0 Å². The number of likely N-dealkylation sites (tertiary alicyclic amines) is 1. The molecule has 1 aliphatic rings. The van der Waals surface area contributed by atoms with Crippen molar-refractivity contribution in [3.8, 4) is 0 Å². The van der Waals surface area contributed by atoms with Crippen molar-refractivity contribution in [2.75, 3.05) is 0 Å². The fraction of sp³-hybridized carbons (Fsp3) is 0.333. The maximum Gasteiger partial charge on any atom is 0.416 e. The highest BCUT2D eigenvalue weighted by atomic mass is 19.4. The van der Waals surface area contributed by atoms with Crippen molar-refractivity contribution in [1.29, 1.82) is 0 Å². The molecule has 6 heteroatoms. The van der Waals surface area contributed by atoms with Crippen LogP contribution in [0.15, 0.2) is 60.0 Å². The molecule has 0 spiro atoms. The average Bonchev–Trinajstić information content (AvgIpc) is 2.83. The zero-order valence-electron chi connectivity index (χ0n) is 15.7. The minimum absolute atomic E-state index is 0.107. The Morgan fingerprint density at radius 1 is 1.19 bits per heavy atom. The van der Waals surface area contributed by atoms with E-state index in [2.05, 4.69) is 6.58 Å². The Labute approximate surface area is 156 Å². The first-order chi connectivity index (χ1) is 12.5. The number of alkyl halides is 3. The number of ketones is 2. The minimum atomic E-state index is -4.42. The molecule has 1 aromatic rings. The first kappa shape index (κ1) is 20.7. The van der Waals surface area contributed by atoms with Crippen molar-refractivity contribution in [2.45, 2.75) is 39.9 Å². The molecule has 0 aromatic heterocycles. The van der Waals surface area contributed by atoms with Gasteiger partial charge in [-0.15, -0.1) is 0 Å². The van der Waals surface area contributed by atoms with Gasteiger partial charge in [0, 0.05) is 11.6 Å². The van der Waals surface area contributed by atoms with E-state index in [-0.39, 0.29) is 17.3 Å². The van der Waals surface area contributed by atoms with Crippen LogP contribution in [0.5, 0.6) is 0 Å². The van der Waals surface area contributed by atoms with E-state index in [9.17, 15) is 22.8 Å². The lowest BCUT2D eigenvalue weighted by atomic mass is 9.93. The summed E-state index contributed by atoms with van der Waals surface area (Å²) in [6, 6.07) is 4.31. The van der Waals surface area contributed by atoms with Crippen LogP contribution in [0, 0.1) is 5.92 Å². The van der Waals surface area contributed by atoms with Gasteiger partial charge in [-0.1, -0.05) is 31.7 Å². The van der Waals surface area contributed by atoms with E-state index < -0.39 is 23.7 Å². The summed E-state index contributed by atoms with van der Waals surface area (Å²) >= 11 is 0. The molecule has 2 rings (SSSR count). The summed E-state index contributed by atoms with van der Waals surface area (Å²) in [4.78, 5) is 25.8. The minimum Gasteiger partial charge on any atom is -0.331 e. The maximum absolute atomic E-state index is 12.8. The third-order valence-corrected chi connectivity index (χ3v) is 4.81. The normalized spacial score (nSPS) is 21.8. The average molecular weight is 377 g/mol. The van der Waals surface area contributed by atoms with E-state index >= 15 is 0 Å². The van der Waals surface area contributed by atoms with Crippen LogP contribution in [0.4, 0.5) is 13.2 Å². The van der Waals surface area contributed by atoms with Crippen molar-refractivity contribution in [1.82, 2.24) is 4.90 Å². The molecule has 1 aliphatic heterocycles. The third kappa shape index (κ3) is 4.04. The van der Waals surface area contributed by atoms with Crippen LogP contribution in [-0.2, 0) is 15.8 Å². The highest BCUT2D eigenvalue weighted by molar-refractivity contribution is 5.99. The molecule has 2 unspecified atom stereocenters. The van der Waals surface area contributed by atoms with Gasteiger partial charge >= 0.3 is 6.18 Å². The van der Waals surface area contributed by atoms with Crippen LogP contribution in [0.25, 0.3) is 0 Å². The topological polar surface area (TPSA) is 37.4 Å². The van der Waals surface area contributed by atoms with Crippen LogP contribution < -0.4 is 0 Å². The van der Waals surface area contributed by atoms with Gasteiger partial charge in [0.2, 0.25) is 0 Å². The Morgan fingerprint density at radius 3 is 2.19 bits per heavy atom. The second kappa shape index (κ2) is 7.55. The number of carbonyl (C=O) groups excluding carboxylic acids is 2. The molecule has 0 aliphatic carbocycles. The van der Waals surface area contributed by atoms with Gasteiger partial charge in [0.05, 0.1) is 17.3 Å². The lowest BCUT2D eigenvalue weighted by molar-refractivity contribution is -0.137. The number of benzene rings is 1. The van der Waals surface area contributed by atoms with E-state index in [1.807, 2.05) is 0 Å². The molecule has 1 heterocycles. The predicted molar refractivity (Wildman–Crippen MR) is 97.5 cm³/mol. The number of allylic oxidation sites excluding steroid dienone is 4. The number of rotatable bonds is 4. The fourth-order valence-corrected chi connectivity index (χ4v) is 3.16. The summed E-state index contributed by atoms with van der Waals surface area (Å²) in [7, 11) is 0. The van der Waals surface area contributed by atoms with Gasteiger partial charge in [-0.2, -0.15) is 13.2 Å². The van der Waals surface area contributed by atoms with E-state index in [1.54, 1.807) is 37.8 Å². The fourth-order valence-electron chi connectivity index (χ4n) is 3.16. The summed E-state index contributed by atoms with van der Waals surface area (Å²) in [5.74, 6) is -0.757. The van der Waals surface area contributed by atoms with E-state index in [4.69, 9.17) is 0 Å². The molecule has 1 fully saturated rings. The summed E-state index contributed by atoms with van der Waals surface area (Å²) in [5.41, 5.74) is 1.21. The van der Waals surface area contributed by atoms with Crippen molar-refractivity contribution >= 4 is 11.6 Å². The molecule has 1 aromatic carbocycles. The second-order valence-electron chi connectivity index (χ2n) is 6.63. The zero-order valence-corrected chi connectivity index (χ0v) is 15.7. The van der Waals surface area contributed by atoms with Crippen molar-refractivity contribution in [2.24, 2.45) is 5.92 Å². The summed E-state index contributed by atoms with van der Waals surface area (Å²) in [6.45, 7) is 10.5. The van der Waals surface area contributed by atoms with E-state index in [1.165, 1.54) is 19.1 Å². The molecule has 0 bridgehead atoms. The number of Topliss-reactive ketones (excluding diaryl/α,β-unsaturated/α-hetero) is 2. The number of nitrogens with zero attached hydrogens (tertiary/aromatic N) is 1. The van der Waals surface area contributed by atoms with Crippen molar-refractivity contribution in [3.05, 3.63) is 71.1 Å². The van der Waals surface area contributed by atoms with Crippen molar-refractivity contribution < 1.29 is 22.8 Å². The number of hydrogen-bond acceptors (Lipinski definition) is 3. The third-order valence-electron chi connectivity index (χ3n) is 4.81. The molecule has 2 atom stereocenters. The highest BCUT2D eigenvalue weighted by Gasteiger charge is 2.42. The van der Waals surface area contributed by atoms with Gasteiger partial charge in [0.25, 0.3) is 0 Å². The first-order valence-electron chi connectivity index (χ1n) is 8.54. The lowest BCUT2D eigenvalue weighted by Gasteiger charge is -2.30. The summed E-state index contributed by atoms with van der Waals surface area (Å²) in [6.07, 6.45) is -1.01. The summed E-state index contributed by atoms with van der Waals surface area (Å²) in [5, 5.41) is 0. The van der Waals surface area contributed by atoms with E-state index in [0.717, 1.165) is 12.1 Å². The zero-order chi connectivity index (χ0) is 20.5. The monoisotopic (exact) mass is 377 g/mol. The van der Waals surface area contributed by atoms with Gasteiger partial charge in [0.1, 0.15) is 0 Å². The molecule has 0 amide bonds. The summed E-state index contributed by atoms with van der Waals surface area (Å²) < 4.78 is 38.5. The Hall–Kier alpha value is -2.63. The van der Waals surface area contributed by atoms with E-state index in [0.29, 0.717) is 16.8 Å². The molecule has 1 saturated heterocycles. The molecule has 27 heavy (non-hydrogen) atoms. The van der Waals surface area contributed by atoms with Crippen LogP contribution in [0.1, 0.15) is 44.9 Å². The Bertz CT molecular complexity index is 832. The maximum atomic E-state index is 12.8. The SMILES string of the molecule is C=C1C(=O)C(C)C(c2ccc(C(F)(F)F)cc2)N1C(/C=C(/C)C(C)=O)=C/C. The van der Waals surface area contributed by atoms with Crippen LogP contribution in [-0.4, -0.2) is 16.5 Å². The van der Waals surface area contributed by atoms with Crippen LogP contribution in [0.3, 0.4) is 0 Å². The molecule has 0 saturated carbocycles. The number of halogens is 3. The van der Waals surface area contributed by atoms with Gasteiger partial charge in [-0.3, -0.25) is 9.59 Å². The van der Waals surface area contributed by atoms with Crippen molar-refractivity contribution in [3.63, 3.8) is 0 Å². The Balaban J connectivity index is 2.52. The number of hydrogen-bond donors (Lipinski definition) is 0. The lowest BCUT2D eigenvalue weighted by Crippen LogP contribution is -2.23.